The van der Waals surface area contributed by atoms with E-state index < -0.39 is 5.60 Å². The zero-order valence-electron chi connectivity index (χ0n) is 16.6. The molecule has 2 aliphatic heterocycles. The summed E-state index contributed by atoms with van der Waals surface area (Å²) in [6.45, 7) is 11.5. The Bertz CT molecular complexity index is 1020. The van der Waals surface area contributed by atoms with Crippen molar-refractivity contribution >= 4 is 28.7 Å². The fourth-order valence-electron chi connectivity index (χ4n) is 4.05. The number of hydrogen-bond donors (Lipinski definition) is 1. The summed E-state index contributed by atoms with van der Waals surface area (Å²) in [5.74, 6) is 0.148. The van der Waals surface area contributed by atoms with E-state index in [9.17, 15) is 9.90 Å². The Balaban J connectivity index is 1.75. The first-order valence-corrected chi connectivity index (χ1v) is 9.79. The van der Waals surface area contributed by atoms with Crippen LogP contribution in [0, 0.1) is 6.92 Å². The first-order valence-electron chi connectivity index (χ1n) is 9.79. The van der Waals surface area contributed by atoms with Gasteiger partial charge in [0.15, 0.2) is 5.60 Å². The van der Waals surface area contributed by atoms with Crippen molar-refractivity contribution in [3.63, 3.8) is 0 Å². The lowest BCUT2D eigenvalue weighted by Gasteiger charge is -2.30. The molecule has 0 spiro atoms. The Kier molecular flexibility index (Phi) is 4.84. The largest absolute Gasteiger partial charge is 0.374 e. The van der Waals surface area contributed by atoms with Crippen LogP contribution >= 0.6 is 0 Å². The number of hydrogen-bond acceptors (Lipinski definition) is 5. The van der Waals surface area contributed by atoms with Gasteiger partial charge in [-0.05, 0) is 37.3 Å². The van der Waals surface area contributed by atoms with Crippen LogP contribution in [-0.2, 0) is 0 Å². The highest BCUT2D eigenvalue weighted by molar-refractivity contribution is 6.28. The van der Waals surface area contributed by atoms with Crippen LogP contribution in [-0.4, -0.2) is 42.0 Å². The molecule has 2 aromatic carbocycles. The molecule has 1 fully saturated rings. The highest BCUT2D eigenvalue weighted by Crippen LogP contribution is 2.40. The summed E-state index contributed by atoms with van der Waals surface area (Å²) in [7, 11) is 0. The van der Waals surface area contributed by atoms with Crippen LogP contribution in [0.1, 0.15) is 22.3 Å². The second-order valence-electron chi connectivity index (χ2n) is 7.55. The summed E-state index contributed by atoms with van der Waals surface area (Å²) in [6, 6.07) is 13.6. The Morgan fingerprint density at radius 2 is 1.97 bits per heavy atom. The number of amidine groups is 1. The first-order chi connectivity index (χ1) is 14.0. The van der Waals surface area contributed by atoms with Crippen LogP contribution in [0.4, 0.5) is 17.1 Å². The molecule has 29 heavy (non-hydrogen) atoms. The molecule has 0 aliphatic carbocycles. The van der Waals surface area contributed by atoms with Crippen molar-refractivity contribution in [2.75, 3.05) is 29.4 Å². The van der Waals surface area contributed by atoms with Crippen molar-refractivity contribution in [1.29, 1.82) is 0 Å². The fourth-order valence-corrected chi connectivity index (χ4v) is 4.05. The van der Waals surface area contributed by atoms with E-state index in [0.717, 1.165) is 16.9 Å². The molecule has 2 heterocycles. The third kappa shape index (κ3) is 3.17. The number of carbonyl (C=O) groups excluding carboxylic acids is 1. The van der Waals surface area contributed by atoms with E-state index in [0.29, 0.717) is 43.1 Å². The Labute approximate surface area is 171 Å². The fraction of sp³-hybridized carbons (Fsp3) is 0.250. The van der Waals surface area contributed by atoms with Crippen molar-refractivity contribution in [3.8, 4) is 0 Å². The molecular weight excluding hydrogens is 362 g/mol. The summed E-state index contributed by atoms with van der Waals surface area (Å²) in [5, 5.41) is 11.2. The SMILES string of the molecule is C=CCN(CC=C)c1cccc(N2CC[C@@]3(O)C(=O)c4cc(C)ccc4N=C23)c1. The quantitative estimate of drug-likeness (QED) is 0.760. The van der Waals surface area contributed by atoms with E-state index in [1.807, 2.05) is 60.4 Å². The van der Waals surface area contributed by atoms with Gasteiger partial charge in [0, 0.05) is 43.0 Å². The van der Waals surface area contributed by atoms with Gasteiger partial charge in [0.1, 0.15) is 5.84 Å². The number of aryl methyl sites for hydroxylation is 1. The third-order valence-corrected chi connectivity index (χ3v) is 5.53. The lowest BCUT2D eigenvalue weighted by Crippen LogP contribution is -2.48. The van der Waals surface area contributed by atoms with Gasteiger partial charge in [-0.15, -0.1) is 13.2 Å². The highest BCUT2D eigenvalue weighted by Gasteiger charge is 2.52. The molecule has 1 saturated heterocycles. The minimum atomic E-state index is -1.57. The van der Waals surface area contributed by atoms with Gasteiger partial charge in [-0.3, -0.25) is 4.79 Å². The number of carbonyl (C=O) groups is 1. The predicted molar refractivity (Wildman–Crippen MR) is 119 cm³/mol. The molecule has 0 aromatic heterocycles. The highest BCUT2D eigenvalue weighted by atomic mass is 16.3. The zero-order valence-corrected chi connectivity index (χ0v) is 16.6. The topological polar surface area (TPSA) is 56.1 Å². The van der Waals surface area contributed by atoms with Crippen molar-refractivity contribution in [1.82, 2.24) is 0 Å². The molecule has 0 unspecified atom stereocenters. The molecule has 5 nitrogen and oxygen atoms in total. The molecule has 2 aliphatic rings. The number of Topliss-reactive ketones (excluding diaryl/α,β-unsaturated/α-hetero) is 1. The molecule has 1 N–H and O–H groups in total. The van der Waals surface area contributed by atoms with E-state index in [-0.39, 0.29) is 5.78 Å². The number of benzene rings is 2. The number of aliphatic hydroxyl groups is 1. The van der Waals surface area contributed by atoms with Crippen LogP contribution < -0.4 is 9.80 Å². The summed E-state index contributed by atoms with van der Waals surface area (Å²) in [5.41, 5.74) is 2.44. The molecule has 148 valence electrons. The molecule has 0 bridgehead atoms. The number of anilines is 2. The zero-order chi connectivity index (χ0) is 20.6. The second kappa shape index (κ2) is 7.33. The van der Waals surface area contributed by atoms with E-state index >= 15 is 0 Å². The van der Waals surface area contributed by atoms with Crippen LogP contribution in [0.25, 0.3) is 0 Å². The van der Waals surface area contributed by atoms with Gasteiger partial charge in [-0.1, -0.05) is 29.8 Å². The van der Waals surface area contributed by atoms with E-state index in [2.05, 4.69) is 24.1 Å². The Hall–Kier alpha value is -3.18. The monoisotopic (exact) mass is 387 g/mol. The van der Waals surface area contributed by atoms with Gasteiger partial charge in [-0.2, -0.15) is 0 Å². The number of fused-ring (bicyclic) bond motifs is 2. The first kappa shape index (κ1) is 19.2. The van der Waals surface area contributed by atoms with Gasteiger partial charge in [0.25, 0.3) is 0 Å². The molecular formula is C24H25N3O2. The Morgan fingerprint density at radius 3 is 2.69 bits per heavy atom. The molecule has 0 radical (unpaired) electrons. The summed E-state index contributed by atoms with van der Waals surface area (Å²) < 4.78 is 0. The summed E-state index contributed by atoms with van der Waals surface area (Å²) in [6.07, 6.45) is 4.03. The maximum atomic E-state index is 13.1. The van der Waals surface area contributed by atoms with Crippen LogP contribution in [0.5, 0.6) is 0 Å². The maximum absolute atomic E-state index is 13.1. The van der Waals surface area contributed by atoms with Crippen molar-refractivity contribution in [2.24, 2.45) is 4.99 Å². The molecule has 2 aromatic rings. The van der Waals surface area contributed by atoms with Gasteiger partial charge in [0.2, 0.25) is 5.78 Å². The average Bonchev–Trinajstić information content (AvgIpc) is 3.06. The van der Waals surface area contributed by atoms with Crippen LogP contribution in [0.15, 0.2) is 72.8 Å². The lowest BCUT2D eigenvalue weighted by molar-refractivity contribution is 0.0602. The van der Waals surface area contributed by atoms with E-state index in [1.165, 1.54) is 0 Å². The molecule has 5 heteroatoms. The minimum absolute atomic E-state index is 0.264. The molecule has 4 rings (SSSR count). The van der Waals surface area contributed by atoms with Gasteiger partial charge in [-0.25, -0.2) is 4.99 Å². The lowest BCUT2D eigenvalue weighted by atomic mass is 9.87. The van der Waals surface area contributed by atoms with Crippen LogP contribution in [0.3, 0.4) is 0 Å². The molecule has 0 amide bonds. The number of aliphatic imine (C=N–C) groups is 1. The van der Waals surface area contributed by atoms with E-state index in [4.69, 9.17) is 4.99 Å². The maximum Gasteiger partial charge on any atom is 0.204 e. The minimum Gasteiger partial charge on any atom is -0.374 e. The smallest absolute Gasteiger partial charge is 0.204 e. The Morgan fingerprint density at radius 1 is 1.21 bits per heavy atom. The number of nitrogens with zero attached hydrogens (tertiary/aromatic N) is 3. The van der Waals surface area contributed by atoms with Crippen molar-refractivity contribution in [2.45, 2.75) is 18.9 Å². The third-order valence-electron chi connectivity index (χ3n) is 5.53. The number of rotatable bonds is 6. The van der Waals surface area contributed by atoms with Crippen molar-refractivity contribution < 1.29 is 9.90 Å². The van der Waals surface area contributed by atoms with Gasteiger partial charge >= 0.3 is 0 Å². The van der Waals surface area contributed by atoms with Gasteiger partial charge in [0.05, 0.1) is 5.69 Å². The predicted octanol–water partition coefficient (Wildman–Crippen LogP) is 4.04. The average molecular weight is 387 g/mol. The molecule has 0 saturated carbocycles. The normalized spacial score (nSPS) is 20.0. The summed E-state index contributed by atoms with van der Waals surface area (Å²) >= 11 is 0. The number of ketones is 1. The van der Waals surface area contributed by atoms with Gasteiger partial charge < -0.3 is 14.9 Å². The van der Waals surface area contributed by atoms with Crippen LogP contribution in [0.2, 0.25) is 0 Å². The standard InChI is InChI=1S/C24H25N3O2/c1-4-12-26(13-5-2)18-7-6-8-19(16-18)27-14-11-24(29)22(28)20-15-17(3)9-10-21(20)25-23(24)27/h4-10,15-16,29H,1-2,11-14H2,3H3/t24-/m1/s1. The van der Waals surface area contributed by atoms with E-state index in [1.54, 1.807) is 0 Å². The summed E-state index contributed by atoms with van der Waals surface area (Å²) in [4.78, 5) is 21.9. The second-order valence-corrected chi connectivity index (χ2v) is 7.55. The molecule has 1 atom stereocenters. The van der Waals surface area contributed by atoms with Crippen molar-refractivity contribution in [3.05, 3.63) is 78.9 Å².